The van der Waals surface area contributed by atoms with Gasteiger partial charge in [-0.15, -0.1) is 0 Å². The first-order valence-electron chi connectivity index (χ1n) is 13.4. The molecule has 0 bridgehead atoms. The number of imidazole rings is 1. The molecule has 2 N–H and O–H groups in total. The van der Waals surface area contributed by atoms with E-state index < -0.39 is 0 Å². The molecular formula is C32H34N4. The standard InChI is InChI=1S/C32H34N4/c1-21-3-11-27(17-21)32-34-20-31(36-32)26-14-9-24(10-15-26)6-5-23-7-12-25(13-8-23)28-18-30(33-19-28)29-16-4-22(2)35-29/h7-10,12-15,19-22,27,29,35H,3-4,11,16-18H2,1-2H3,(H,34,36)/t21-,22-,27+,29-/m0/s1. The van der Waals surface area contributed by atoms with Crippen molar-refractivity contribution < 1.29 is 0 Å². The minimum atomic E-state index is 0.441. The van der Waals surface area contributed by atoms with Crippen molar-refractivity contribution in [2.75, 3.05) is 0 Å². The zero-order chi connectivity index (χ0) is 24.5. The number of nitrogens with zero attached hydrogens (tertiary/aromatic N) is 2. The Bertz CT molecular complexity index is 1350. The molecule has 0 radical (unpaired) electrons. The largest absolute Gasteiger partial charge is 0.342 e. The zero-order valence-electron chi connectivity index (χ0n) is 21.2. The lowest BCUT2D eigenvalue weighted by Crippen LogP contribution is -2.33. The van der Waals surface area contributed by atoms with E-state index in [1.165, 1.54) is 49.0 Å². The van der Waals surface area contributed by atoms with Crippen molar-refractivity contribution in [1.82, 2.24) is 15.3 Å². The minimum absolute atomic E-state index is 0.441. The van der Waals surface area contributed by atoms with E-state index in [1.54, 1.807) is 0 Å². The highest BCUT2D eigenvalue weighted by atomic mass is 15.0. The Morgan fingerprint density at radius 3 is 2.19 bits per heavy atom. The molecule has 0 unspecified atom stereocenters. The smallest absolute Gasteiger partial charge is 0.109 e. The van der Waals surface area contributed by atoms with E-state index in [1.807, 2.05) is 12.4 Å². The minimum Gasteiger partial charge on any atom is -0.342 e. The summed E-state index contributed by atoms with van der Waals surface area (Å²) in [5.74, 6) is 9.15. The molecule has 3 aromatic rings. The van der Waals surface area contributed by atoms with Gasteiger partial charge in [-0.05, 0) is 85.9 Å². The maximum absolute atomic E-state index is 4.72. The van der Waals surface area contributed by atoms with E-state index in [4.69, 9.17) is 4.99 Å². The van der Waals surface area contributed by atoms with Crippen LogP contribution in [-0.4, -0.2) is 27.8 Å². The average molecular weight is 475 g/mol. The van der Waals surface area contributed by atoms with Gasteiger partial charge in [-0.2, -0.15) is 0 Å². The van der Waals surface area contributed by atoms with Crippen LogP contribution < -0.4 is 5.32 Å². The molecule has 0 spiro atoms. The third-order valence-electron chi connectivity index (χ3n) is 8.01. The maximum Gasteiger partial charge on any atom is 0.109 e. The van der Waals surface area contributed by atoms with E-state index in [9.17, 15) is 0 Å². The van der Waals surface area contributed by atoms with Crippen LogP contribution in [0.5, 0.6) is 0 Å². The highest BCUT2D eigenvalue weighted by Gasteiger charge is 2.27. The van der Waals surface area contributed by atoms with Crippen LogP contribution >= 0.6 is 0 Å². The van der Waals surface area contributed by atoms with Crippen molar-refractivity contribution in [1.29, 1.82) is 0 Å². The van der Waals surface area contributed by atoms with E-state index >= 15 is 0 Å². The summed E-state index contributed by atoms with van der Waals surface area (Å²) in [7, 11) is 0. The lowest BCUT2D eigenvalue weighted by molar-refractivity contribution is 0.588. The van der Waals surface area contributed by atoms with Crippen molar-refractivity contribution in [2.45, 2.75) is 70.4 Å². The van der Waals surface area contributed by atoms with Gasteiger partial charge >= 0.3 is 0 Å². The van der Waals surface area contributed by atoms with E-state index in [-0.39, 0.29) is 0 Å². The molecular weight excluding hydrogens is 440 g/mol. The number of rotatable bonds is 4. The van der Waals surface area contributed by atoms with Gasteiger partial charge in [0.05, 0.1) is 11.9 Å². The number of allylic oxidation sites excluding steroid dienone is 1. The molecule has 1 saturated carbocycles. The molecule has 1 aromatic heterocycles. The number of aromatic nitrogens is 2. The average Bonchev–Trinajstić information content (AvgIpc) is 3.70. The van der Waals surface area contributed by atoms with Gasteiger partial charge in [-0.3, -0.25) is 4.99 Å². The maximum atomic E-state index is 4.72. The summed E-state index contributed by atoms with van der Waals surface area (Å²) < 4.78 is 0. The fourth-order valence-electron chi connectivity index (χ4n) is 5.82. The third kappa shape index (κ3) is 4.94. The number of nitrogens with one attached hydrogen (secondary N) is 2. The number of aliphatic imine (C=N–C) groups is 1. The molecule has 4 nitrogen and oxygen atoms in total. The quantitative estimate of drug-likeness (QED) is 0.413. The van der Waals surface area contributed by atoms with Gasteiger partial charge in [0.15, 0.2) is 0 Å². The molecule has 36 heavy (non-hydrogen) atoms. The van der Waals surface area contributed by atoms with Gasteiger partial charge in [0.2, 0.25) is 0 Å². The lowest BCUT2D eigenvalue weighted by atomic mass is 9.98. The number of hydrogen-bond donors (Lipinski definition) is 2. The number of hydrogen-bond acceptors (Lipinski definition) is 3. The van der Waals surface area contributed by atoms with Crippen molar-refractivity contribution in [2.24, 2.45) is 10.9 Å². The molecule has 4 atom stereocenters. The van der Waals surface area contributed by atoms with Crippen molar-refractivity contribution in [3.63, 3.8) is 0 Å². The second kappa shape index (κ2) is 9.91. The van der Waals surface area contributed by atoms with Crippen LogP contribution in [0.3, 0.4) is 0 Å². The Hall–Kier alpha value is -3.42. The van der Waals surface area contributed by atoms with Crippen LogP contribution in [0.25, 0.3) is 16.8 Å². The third-order valence-corrected chi connectivity index (χ3v) is 8.01. The van der Waals surface area contributed by atoms with Crippen LogP contribution in [0.1, 0.15) is 80.8 Å². The van der Waals surface area contributed by atoms with Gasteiger partial charge in [0.25, 0.3) is 0 Å². The van der Waals surface area contributed by atoms with Crippen molar-refractivity contribution in [3.8, 4) is 23.1 Å². The van der Waals surface area contributed by atoms with Crippen LogP contribution in [0.2, 0.25) is 0 Å². The van der Waals surface area contributed by atoms with Gasteiger partial charge in [-0.25, -0.2) is 4.98 Å². The first-order chi connectivity index (χ1) is 17.6. The van der Waals surface area contributed by atoms with E-state index in [2.05, 4.69) is 89.5 Å². The second-order valence-electron chi connectivity index (χ2n) is 10.9. The van der Waals surface area contributed by atoms with Gasteiger partial charge < -0.3 is 10.3 Å². The molecule has 1 aliphatic carbocycles. The molecule has 4 heteroatoms. The molecule has 2 fully saturated rings. The summed E-state index contributed by atoms with van der Waals surface area (Å²) in [6, 6.07) is 18.0. The summed E-state index contributed by atoms with van der Waals surface area (Å²) in [4.78, 5) is 12.9. The van der Waals surface area contributed by atoms with Crippen molar-refractivity contribution >= 4 is 11.3 Å². The van der Waals surface area contributed by atoms with Crippen LogP contribution in [0.15, 0.2) is 65.9 Å². The summed E-state index contributed by atoms with van der Waals surface area (Å²) >= 11 is 0. The van der Waals surface area contributed by atoms with Crippen LogP contribution in [0, 0.1) is 17.8 Å². The second-order valence-corrected chi connectivity index (χ2v) is 10.9. The Balaban J connectivity index is 1.07. The van der Waals surface area contributed by atoms with Crippen molar-refractivity contribution in [3.05, 3.63) is 83.4 Å². The monoisotopic (exact) mass is 474 g/mol. The first-order valence-corrected chi connectivity index (χ1v) is 13.4. The molecule has 182 valence electrons. The molecule has 0 amide bonds. The van der Waals surface area contributed by atoms with Gasteiger partial charge in [0, 0.05) is 47.5 Å². The molecule has 3 aliphatic rings. The molecule has 2 aliphatic heterocycles. The zero-order valence-corrected chi connectivity index (χ0v) is 21.2. The Kier molecular flexibility index (Phi) is 6.34. The summed E-state index contributed by atoms with van der Waals surface area (Å²) in [6.07, 6.45) is 11.2. The Labute approximate surface area is 214 Å². The predicted octanol–water partition coefficient (Wildman–Crippen LogP) is 6.71. The highest BCUT2D eigenvalue weighted by molar-refractivity contribution is 6.01. The molecule has 2 aromatic carbocycles. The number of aromatic amines is 1. The van der Waals surface area contributed by atoms with Crippen LogP contribution in [-0.2, 0) is 0 Å². The van der Waals surface area contributed by atoms with Gasteiger partial charge in [0.1, 0.15) is 5.82 Å². The molecule has 6 rings (SSSR count). The van der Waals surface area contributed by atoms with Gasteiger partial charge in [-0.1, -0.05) is 43.0 Å². The highest BCUT2D eigenvalue weighted by Crippen LogP contribution is 2.37. The Morgan fingerprint density at radius 1 is 0.833 bits per heavy atom. The summed E-state index contributed by atoms with van der Waals surface area (Å²) in [6.45, 7) is 4.59. The fraction of sp³-hybridized carbons (Fsp3) is 0.375. The molecule has 1 saturated heterocycles. The summed E-state index contributed by atoms with van der Waals surface area (Å²) in [5.41, 5.74) is 8.10. The van der Waals surface area contributed by atoms with E-state index in [0.717, 1.165) is 40.5 Å². The van der Waals surface area contributed by atoms with E-state index in [0.29, 0.717) is 18.0 Å². The topological polar surface area (TPSA) is 53.1 Å². The summed E-state index contributed by atoms with van der Waals surface area (Å²) in [5, 5.41) is 3.65. The lowest BCUT2D eigenvalue weighted by Gasteiger charge is -2.12. The number of benzene rings is 2. The Morgan fingerprint density at radius 2 is 1.56 bits per heavy atom. The van der Waals surface area contributed by atoms with Crippen LogP contribution in [0.4, 0.5) is 0 Å². The first kappa shape index (κ1) is 23.0. The number of H-pyrrole nitrogens is 1. The fourth-order valence-corrected chi connectivity index (χ4v) is 5.82. The predicted molar refractivity (Wildman–Crippen MR) is 148 cm³/mol. The molecule has 3 heterocycles. The normalized spacial score (nSPS) is 25.4. The SMILES string of the molecule is C[C@H]1CC[C@@H](c2ncc(-c3ccc(C#Cc4ccc(C5=CN=C([C@@H]6CC[C@H](C)N6)C5)cc4)cc3)[nH]2)C1.